The highest BCUT2D eigenvalue weighted by molar-refractivity contribution is 6.10. The average molecular weight is 547 g/mol. The fraction of sp³-hybridized carbons (Fsp3) is 0.517. The summed E-state index contributed by atoms with van der Waals surface area (Å²) in [7, 11) is 1.69. The Morgan fingerprint density at radius 1 is 1.20 bits per heavy atom. The number of fused-ring (bicyclic) bond motifs is 1. The largest absolute Gasteiger partial charge is 0.444 e. The van der Waals surface area contributed by atoms with Gasteiger partial charge in [-0.3, -0.25) is 9.69 Å². The molecule has 212 valence electrons. The minimum Gasteiger partial charge on any atom is -0.444 e. The number of carbonyl (C=O) groups excluding carboxylic acids is 2. The number of aromatic nitrogens is 5. The normalized spacial score (nSPS) is 16.9. The van der Waals surface area contributed by atoms with E-state index < -0.39 is 11.7 Å². The van der Waals surface area contributed by atoms with Crippen LogP contribution in [-0.2, 0) is 24.4 Å². The number of ether oxygens (including phenoxy) is 1. The quantitative estimate of drug-likeness (QED) is 0.421. The van der Waals surface area contributed by atoms with Crippen LogP contribution in [0.4, 0.5) is 16.4 Å². The number of hydrogen-bond donors (Lipinski definition) is 0. The Morgan fingerprint density at radius 3 is 2.70 bits per heavy atom. The molecule has 1 unspecified atom stereocenters. The van der Waals surface area contributed by atoms with E-state index in [1.807, 2.05) is 49.6 Å². The fourth-order valence-electron chi connectivity index (χ4n) is 5.27. The van der Waals surface area contributed by atoms with Gasteiger partial charge in [-0.2, -0.15) is 0 Å². The van der Waals surface area contributed by atoms with Crippen molar-refractivity contribution in [3.8, 4) is 11.5 Å². The van der Waals surface area contributed by atoms with Gasteiger partial charge in [0.05, 0.1) is 24.3 Å². The molecule has 40 heavy (non-hydrogen) atoms. The number of nitrogens with zero attached hydrogens (tertiary/aromatic N) is 8. The number of pyridine rings is 2. The van der Waals surface area contributed by atoms with E-state index >= 15 is 0 Å². The lowest BCUT2D eigenvalue weighted by Gasteiger charge is -2.26. The average Bonchev–Trinajstić information content (AvgIpc) is 3.62. The maximum atomic E-state index is 13.9. The summed E-state index contributed by atoms with van der Waals surface area (Å²) < 4.78 is 7.54. The van der Waals surface area contributed by atoms with E-state index in [9.17, 15) is 9.59 Å². The number of rotatable bonds is 7. The van der Waals surface area contributed by atoms with Gasteiger partial charge >= 0.3 is 6.09 Å². The molecule has 0 N–H and O–H groups in total. The molecule has 3 aromatic rings. The van der Waals surface area contributed by atoms with Crippen molar-refractivity contribution in [2.75, 3.05) is 23.4 Å². The third-order valence-electron chi connectivity index (χ3n) is 7.25. The second-order valence-electron chi connectivity index (χ2n) is 11.6. The van der Waals surface area contributed by atoms with Crippen molar-refractivity contribution in [1.82, 2.24) is 29.6 Å². The zero-order valence-corrected chi connectivity index (χ0v) is 24.2. The maximum absolute atomic E-state index is 13.9. The Kier molecular flexibility index (Phi) is 7.48. The van der Waals surface area contributed by atoms with Crippen molar-refractivity contribution in [3.63, 3.8) is 0 Å². The van der Waals surface area contributed by atoms with Gasteiger partial charge in [0.2, 0.25) is 0 Å². The van der Waals surface area contributed by atoms with Crippen molar-refractivity contribution in [2.45, 2.75) is 85.2 Å². The maximum Gasteiger partial charge on any atom is 0.410 e. The monoisotopic (exact) mass is 546 g/mol. The van der Waals surface area contributed by atoms with E-state index in [0.717, 1.165) is 43.7 Å². The first kappa shape index (κ1) is 27.5. The van der Waals surface area contributed by atoms with Crippen LogP contribution in [0.15, 0.2) is 30.6 Å². The molecule has 1 fully saturated rings. The lowest BCUT2D eigenvalue weighted by Crippen LogP contribution is -2.34. The number of amides is 2. The highest BCUT2D eigenvalue weighted by atomic mass is 16.6. The van der Waals surface area contributed by atoms with Crippen LogP contribution >= 0.6 is 0 Å². The lowest BCUT2D eigenvalue weighted by atomic mass is 10.1. The Balaban J connectivity index is 1.49. The molecule has 0 aliphatic carbocycles. The van der Waals surface area contributed by atoms with E-state index in [4.69, 9.17) is 14.7 Å². The van der Waals surface area contributed by atoms with E-state index in [0.29, 0.717) is 41.2 Å². The molecule has 0 aromatic carbocycles. The lowest BCUT2D eigenvalue weighted by molar-refractivity contribution is 0.0282. The first-order valence-corrected chi connectivity index (χ1v) is 14.0. The highest BCUT2D eigenvalue weighted by Crippen LogP contribution is 2.34. The van der Waals surface area contributed by atoms with E-state index in [1.54, 1.807) is 18.3 Å². The molecule has 5 heterocycles. The summed E-state index contributed by atoms with van der Waals surface area (Å²) in [4.78, 5) is 41.9. The molecule has 11 heteroatoms. The summed E-state index contributed by atoms with van der Waals surface area (Å²) in [6.07, 6.45) is 4.35. The molecule has 0 spiro atoms. The molecule has 2 aliphatic heterocycles. The molecule has 5 rings (SSSR count). The van der Waals surface area contributed by atoms with Gasteiger partial charge in [-0.25, -0.2) is 14.8 Å². The second kappa shape index (κ2) is 10.9. The predicted molar refractivity (Wildman–Crippen MR) is 152 cm³/mol. The van der Waals surface area contributed by atoms with Crippen LogP contribution in [0.1, 0.15) is 75.5 Å². The predicted octanol–water partition coefficient (Wildman–Crippen LogP) is 4.66. The van der Waals surface area contributed by atoms with Crippen LogP contribution in [0.25, 0.3) is 11.5 Å². The Hall–Kier alpha value is -4.02. The van der Waals surface area contributed by atoms with Gasteiger partial charge < -0.3 is 19.1 Å². The van der Waals surface area contributed by atoms with Gasteiger partial charge in [0, 0.05) is 31.7 Å². The third kappa shape index (κ3) is 5.50. The van der Waals surface area contributed by atoms with Crippen LogP contribution in [0.3, 0.4) is 0 Å². The van der Waals surface area contributed by atoms with Crippen molar-refractivity contribution < 1.29 is 14.3 Å². The summed E-state index contributed by atoms with van der Waals surface area (Å²) in [5.74, 6) is 1.83. The van der Waals surface area contributed by atoms with Gasteiger partial charge in [0.1, 0.15) is 29.3 Å². The molecular weight excluding hydrogens is 508 g/mol. The third-order valence-corrected chi connectivity index (χ3v) is 7.25. The van der Waals surface area contributed by atoms with Gasteiger partial charge in [0.25, 0.3) is 5.91 Å². The Morgan fingerprint density at radius 2 is 2.00 bits per heavy atom. The van der Waals surface area contributed by atoms with E-state index in [1.165, 1.54) is 4.90 Å². The van der Waals surface area contributed by atoms with Crippen molar-refractivity contribution in [1.29, 1.82) is 0 Å². The minimum absolute atomic E-state index is 0.133. The molecule has 0 radical (unpaired) electrons. The van der Waals surface area contributed by atoms with E-state index in [2.05, 4.69) is 28.9 Å². The number of anilines is 2. The zero-order chi connectivity index (χ0) is 28.6. The topological polar surface area (TPSA) is 110 Å². The molecule has 2 aliphatic rings. The van der Waals surface area contributed by atoms with Crippen LogP contribution in [0, 0.1) is 0 Å². The van der Waals surface area contributed by atoms with Gasteiger partial charge in [0.15, 0.2) is 5.82 Å². The fourth-order valence-corrected chi connectivity index (χ4v) is 5.27. The molecule has 1 atom stereocenters. The standard InChI is InChI=1S/C29H38N8O3/c1-7-13-35-18-30-33-26(35)22-11-8-12-24(31-22)37-16-21-20(27(37)38)15-25(36-14-9-10-19(36)2)32-23(21)17-34(6)28(39)40-29(3,4)5/h8,11-12,15,18-19H,7,9-10,13-14,16-17H2,1-6H3. The summed E-state index contributed by atoms with van der Waals surface area (Å²) >= 11 is 0. The first-order chi connectivity index (χ1) is 19.1. The number of carbonyl (C=O) groups is 2. The van der Waals surface area contributed by atoms with E-state index in [-0.39, 0.29) is 12.5 Å². The molecule has 2 amide bonds. The summed E-state index contributed by atoms with van der Waals surface area (Å²) in [5.41, 5.74) is 2.13. The van der Waals surface area contributed by atoms with Gasteiger partial charge in [-0.15, -0.1) is 10.2 Å². The van der Waals surface area contributed by atoms with Crippen molar-refractivity contribution in [3.05, 3.63) is 47.4 Å². The van der Waals surface area contributed by atoms with Crippen LogP contribution in [0.2, 0.25) is 0 Å². The van der Waals surface area contributed by atoms with Crippen molar-refractivity contribution >= 4 is 23.6 Å². The van der Waals surface area contributed by atoms with Gasteiger partial charge in [-0.1, -0.05) is 13.0 Å². The number of hydrogen-bond acceptors (Lipinski definition) is 8. The second-order valence-corrected chi connectivity index (χ2v) is 11.6. The van der Waals surface area contributed by atoms with Crippen LogP contribution in [-0.4, -0.2) is 66.9 Å². The summed E-state index contributed by atoms with van der Waals surface area (Å²) in [5, 5.41) is 8.32. The first-order valence-electron chi connectivity index (χ1n) is 14.0. The summed E-state index contributed by atoms with van der Waals surface area (Å²) in [6, 6.07) is 7.82. The SMILES string of the molecule is CCCn1cnnc1-c1cccc(N2Cc3c(cc(N4CCCC4C)nc3CN(C)C(=O)OC(C)(C)C)C2=O)n1. The minimum atomic E-state index is -0.613. The highest BCUT2D eigenvalue weighted by Gasteiger charge is 2.35. The zero-order valence-electron chi connectivity index (χ0n) is 24.2. The molecule has 11 nitrogen and oxygen atoms in total. The Bertz CT molecular complexity index is 1410. The molecule has 3 aromatic heterocycles. The molecule has 1 saturated heterocycles. The van der Waals surface area contributed by atoms with Crippen LogP contribution in [0.5, 0.6) is 0 Å². The number of aryl methyl sites for hydroxylation is 1. The smallest absolute Gasteiger partial charge is 0.410 e. The van der Waals surface area contributed by atoms with Crippen molar-refractivity contribution in [2.24, 2.45) is 0 Å². The summed E-state index contributed by atoms with van der Waals surface area (Å²) in [6.45, 7) is 12.0. The van der Waals surface area contributed by atoms with Gasteiger partial charge in [-0.05, 0) is 65.2 Å². The molecule has 0 bridgehead atoms. The molecular formula is C29H38N8O3. The Labute approximate surface area is 235 Å². The molecule has 0 saturated carbocycles. The van der Waals surface area contributed by atoms with Crippen LogP contribution < -0.4 is 9.80 Å².